The number of ether oxygens (including phenoxy) is 1. The lowest BCUT2D eigenvalue weighted by Gasteiger charge is -2.22. The van der Waals surface area contributed by atoms with Crippen molar-refractivity contribution in [2.75, 3.05) is 7.11 Å². The highest BCUT2D eigenvalue weighted by molar-refractivity contribution is 7.05. The minimum atomic E-state index is -1.85. The Hall–Kier alpha value is -1.19. The molecule has 0 aliphatic heterocycles. The van der Waals surface area contributed by atoms with Crippen molar-refractivity contribution in [3.63, 3.8) is 0 Å². The molecule has 0 aliphatic carbocycles. The van der Waals surface area contributed by atoms with E-state index < -0.39 is 8.07 Å². The highest BCUT2D eigenvalue weighted by atomic mass is 28.3. The van der Waals surface area contributed by atoms with Gasteiger partial charge >= 0.3 is 0 Å². The number of benzene rings is 1. The molecule has 0 aromatic heterocycles. The van der Waals surface area contributed by atoms with Gasteiger partial charge in [0.1, 0.15) is 19.6 Å². The Morgan fingerprint density at radius 3 is 2.18 bits per heavy atom. The Morgan fingerprint density at radius 1 is 1.24 bits per heavy atom. The Bertz CT molecular complexity index is 404. The Labute approximate surface area is 104 Å². The van der Waals surface area contributed by atoms with Gasteiger partial charge in [-0.15, -0.1) is 0 Å². The first kappa shape index (κ1) is 13.9. The number of methoxy groups -OCH3 is 1. The maximum absolute atomic E-state index is 12.2. The van der Waals surface area contributed by atoms with Gasteiger partial charge in [-0.2, -0.15) is 0 Å². The van der Waals surface area contributed by atoms with Crippen LogP contribution in [0.5, 0.6) is 0 Å². The fraction of sp³-hybridized carbons (Fsp3) is 0.357. The normalized spacial score (nSPS) is 13.2. The summed E-state index contributed by atoms with van der Waals surface area (Å²) in [5, 5.41) is 0.174. The fourth-order valence-corrected chi connectivity index (χ4v) is 2.80. The molecule has 17 heavy (non-hydrogen) atoms. The van der Waals surface area contributed by atoms with Crippen LogP contribution in [0.15, 0.2) is 42.5 Å². The van der Waals surface area contributed by atoms with Gasteiger partial charge < -0.3 is 9.53 Å². The molecule has 1 aromatic rings. The molecule has 1 rings (SSSR count). The third-order valence-electron chi connectivity index (χ3n) is 2.63. The van der Waals surface area contributed by atoms with Crippen LogP contribution in [0, 0.1) is 0 Å². The highest BCUT2D eigenvalue weighted by Gasteiger charge is 2.30. The summed E-state index contributed by atoms with van der Waals surface area (Å²) in [4.78, 5) is 12.2. The molecular weight excluding hydrogens is 228 g/mol. The van der Waals surface area contributed by atoms with Crippen molar-refractivity contribution in [2.24, 2.45) is 0 Å². The second-order valence-corrected chi connectivity index (χ2v) is 10.1. The molecule has 0 fully saturated rings. The molecule has 0 spiro atoms. The van der Waals surface area contributed by atoms with Gasteiger partial charge in [0.05, 0.1) is 0 Å². The summed E-state index contributed by atoms with van der Waals surface area (Å²) in [6.07, 6.45) is -0.324. The number of carbonyl (C=O) groups is 1. The molecule has 3 heteroatoms. The van der Waals surface area contributed by atoms with Gasteiger partial charge in [0.25, 0.3) is 0 Å². The van der Waals surface area contributed by atoms with E-state index in [-0.39, 0.29) is 11.5 Å². The van der Waals surface area contributed by atoms with Crippen molar-refractivity contribution < 1.29 is 9.53 Å². The largest absolute Gasteiger partial charge is 0.372 e. The molecule has 0 amide bonds. The fourth-order valence-electron chi connectivity index (χ4n) is 1.71. The summed E-state index contributed by atoms with van der Waals surface area (Å²) in [5.41, 5.74) is 1.55. The van der Waals surface area contributed by atoms with Crippen molar-refractivity contribution in [1.29, 1.82) is 0 Å². The van der Waals surface area contributed by atoms with E-state index in [4.69, 9.17) is 4.74 Å². The first-order valence-corrected chi connectivity index (χ1v) is 9.19. The quantitative estimate of drug-likeness (QED) is 0.590. The number of rotatable bonds is 5. The molecule has 92 valence electrons. The van der Waals surface area contributed by atoms with Gasteiger partial charge in [-0.1, -0.05) is 56.6 Å². The zero-order chi connectivity index (χ0) is 13.1. The van der Waals surface area contributed by atoms with Crippen molar-refractivity contribution in [1.82, 2.24) is 0 Å². The zero-order valence-electron chi connectivity index (χ0n) is 11.0. The third kappa shape index (κ3) is 3.38. The summed E-state index contributed by atoms with van der Waals surface area (Å²) in [6.45, 7) is 10.0. The van der Waals surface area contributed by atoms with Crippen LogP contribution < -0.4 is 0 Å². The van der Waals surface area contributed by atoms with E-state index >= 15 is 0 Å². The second kappa shape index (κ2) is 5.43. The minimum Gasteiger partial charge on any atom is -0.372 e. The zero-order valence-corrected chi connectivity index (χ0v) is 12.0. The van der Waals surface area contributed by atoms with E-state index in [9.17, 15) is 4.79 Å². The summed E-state index contributed by atoms with van der Waals surface area (Å²) < 4.78 is 5.42. The molecule has 0 saturated heterocycles. The monoisotopic (exact) mass is 248 g/mol. The Morgan fingerprint density at radius 2 is 1.76 bits per heavy atom. The van der Waals surface area contributed by atoms with E-state index in [2.05, 4.69) is 6.58 Å². The summed E-state index contributed by atoms with van der Waals surface area (Å²) in [7, 11) is -0.243. The Balaban J connectivity index is 2.98. The van der Waals surface area contributed by atoms with Crippen LogP contribution in [0.2, 0.25) is 19.6 Å². The molecular formula is C14H20O2Si. The average Bonchev–Trinajstić information content (AvgIpc) is 2.29. The van der Waals surface area contributed by atoms with Crippen LogP contribution in [0.25, 0.3) is 0 Å². The molecule has 2 nitrogen and oxygen atoms in total. The predicted octanol–water partition coefficient (Wildman–Crippen LogP) is 3.38. The molecule has 0 N–H and O–H groups in total. The van der Waals surface area contributed by atoms with Gasteiger partial charge in [-0.05, 0) is 5.56 Å². The van der Waals surface area contributed by atoms with Gasteiger partial charge in [0, 0.05) is 12.7 Å². The molecule has 0 aliphatic rings. The van der Waals surface area contributed by atoms with E-state index in [1.54, 1.807) is 7.11 Å². The maximum atomic E-state index is 12.2. The van der Waals surface area contributed by atoms with Crippen molar-refractivity contribution in [2.45, 2.75) is 25.7 Å². The molecule has 0 bridgehead atoms. The van der Waals surface area contributed by atoms with E-state index in [1.807, 2.05) is 50.0 Å². The molecule has 1 atom stereocenters. The minimum absolute atomic E-state index is 0.174. The predicted molar refractivity (Wildman–Crippen MR) is 73.7 cm³/mol. The van der Waals surface area contributed by atoms with Crippen LogP contribution in [0.4, 0.5) is 0 Å². The SMILES string of the molecule is C=C(C(=O)[Si](C)(C)C)C(OC)c1ccccc1. The van der Waals surface area contributed by atoms with Gasteiger partial charge in [0.15, 0.2) is 0 Å². The first-order chi connectivity index (χ1) is 7.88. The lowest BCUT2D eigenvalue weighted by Crippen LogP contribution is -2.36. The smallest absolute Gasteiger partial charge is 0.138 e. The van der Waals surface area contributed by atoms with Crippen molar-refractivity contribution in [3.05, 3.63) is 48.0 Å². The summed E-state index contributed by atoms with van der Waals surface area (Å²) >= 11 is 0. The van der Waals surface area contributed by atoms with Crippen molar-refractivity contribution >= 4 is 13.5 Å². The molecule has 1 unspecified atom stereocenters. The number of hydrogen-bond donors (Lipinski definition) is 0. The highest BCUT2D eigenvalue weighted by Crippen LogP contribution is 2.26. The second-order valence-electron chi connectivity index (χ2n) is 5.13. The van der Waals surface area contributed by atoms with E-state index in [1.165, 1.54) is 0 Å². The molecule has 1 aromatic carbocycles. The summed E-state index contributed by atoms with van der Waals surface area (Å²) in [5.74, 6) is 0. The molecule has 0 saturated carbocycles. The van der Waals surface area contributed by atoms with Crippen LogP contribution in [0.1, 0.15) is 11.7 Å². The van der Waals surface area contributed by atoms with Crippen LogP contribution >= 0.6 is 0 Å². The van der Waals surface area contributed by atoms with Gasteiger partial charge in [-0.25, -0.2) is 0 Å². The van der Waals surface area contributed by atoms with Crippen LogP contribution in [0.3, 0.4) is 0 Å². The third-order valence-corrected chi connectivity index (χ3v) is 4.31. The number of hydrogen-bond acceptors (Lipinski definition) is 2. The molecule has 0 heterocycles. The standard InChI is InChI=1S/C14H20O2Si/c1-11(14(15)17(3,4)5)13(16-2)12-9-7-6-8-10-12/h6-10,13H,1H2,2-5H3. The lowest BCUT2D eigenvalue weighted by molar-refractivity contribution is -0.110. The topological polar surface area (TPSA) is 26.3 Å². The van der Waals surface area contributed by atoms with Crippen LogP contribution in [-0.2, 0) is 9.53 Å². The van der Waals surface area contributed by atoms with Crippen molar-refractivity contribution in [3.8, 4) is 0 Å². The van der Waals surface area contributed by atoms with Gasteiger partial charge in [-0.3, -0.25) is 0 Å². The van der Waals surface area contributed by atoms with Crippen LogP contribution in [-0.4, -0.2) is 20.6 Å². The average molecular weight is 248 g/mol. The molecule has 0 radical (unpaired) electrons. The van der Waals surface area contributed by atoms with E-state index in [0.29, 0.717) is 5.57 Å². The van der Waals surface area contributed by atoms with E-state index in [0.717, 1.165) is 5.56 Å². The summed E-state index contributed by atoms with van der Waals surface area (Å²) in [6, 6.07) is 9.73. The maximum Gasteiger partial charge on any atom is 0.138 e. The lowest BCUT2D eigenvalue weighted by atomic mass is 10.0. The van der Waals surface area contributed by atoms with Gasteiger partial charge in [0.2, 0.25) is 0 Å². The first-order valence-electron chi connectivity index (χ1n) is 5.69. The number of carbonyl (C=O) groups excluding carboxylic acids is 1. The Kier molecular flexibility index (Phi) is 4.43.